The van der Waals surface area contributed by atoms with Crippen LogP contribution in [0.3, 0.4) is 0 Å². The molecule has 0 aliphatic carbocycles. The Morgan fingerprint density at radius 2 is 1.79 bits per heavy atom. The first-order chi connectivity index (χ1) is 15.9. The number of nitrogen functional groups attached to an aromatic ring is 1. The smallest absolute Gasteiger partial charge is 0.258 e. The number of nitrogens with one attached hydrogen (secondary N) is 1. The number of rotatable bonds is 8. The molecule has 0 bridgehead atoms. The van der Waals surface area contributed by atoms with Crippen molar-refractivity contribution in [1.82, 2.24) is 0 Å². The normalized spacial score (nSPS) is 13.6. The molecule has 1 heterocycles. The Morgan fingerprint density at radius 1 is 1.06 bits per heavy atom. The minimum Gasteiger partial charge on any atom is -0.497 e. The maximum absolute atomic E-state index is 13.1. The Bertz CT molecular complexity index is 1140. The molecule has 3 aromatic carbocycles. The second kappa shape index (κ2) is 9.45. The van der Waals surface area contributed by atoms with E-state index < -0.39 is 0 Å². The molecule has 1 unspecified atom stereocenters. The van der Waals surface area contributed by atoms with E-state index in [4.69, 9.17) is 10.5 Å². The van der Waals surface area contributed by atoms with Crippen LogP contribution in [-0.4, -0.2) is 26.1 Å². The molecular formula is C27H32N4O2. The molecule has 3 N–H and O–H groups in total. The summed E-state index contributed by atoms with van der Waals surface area (Å²) in [6.45, 7) is 8.80. The van der Waals surface area contributed by atoms with Gasteiger partial charge in [0.25, 0.3) is 5.91 Å². The summed E-state index contributed by atoms with van der Waals surface area (Å²) in [4.78, 5) is 17.2. The van der Waals surface area contributed by atoms with E-state index in [2.05, 4.69) is 37.1 Å². The topological polar surface area (TPSA) is 70.8 Å². The molecule has 6 heteroatoms. The number of benzene rings is 3. The van der Waals surface area contributed by atoms with E-state index in [1.807, 2.05) is 54.6 Å². The number of amides is 1. The lowest BCUT2D eigenvalue weighted by molar-refractivity contribution is 0.0996. The van der Waals surface area contributed by atoms with E-state index in [0.717, 1.165) is 52.6 Å². The summed E-state index contributed by atoms with van der Waals surface area (Å²) >= 11 is 0. The number of nitrogens with two attached hydrogens (primary N) is 1. The molecule has 0 aromatic heterocycles. The fourth-order valence-corrected chi connectivity index (χ4v) is 4.36. The molecule has 0 spiro atoms. The van der Waals surface area contributed by atoms with Crippen LogP contribution in [0.25, 0.3) is 0 Å². The minimum atomic E-state index is 0.0165. The molecule has 1 aliphatic heterocycles. The van der Waals surface area contributed by atoms with Crippen molar-refractivity contribution in [3.8, 4) is 5.75 Å². The van der Waals surface area contributed by atoms with E-state index in [1.54, 1.807) is 12.0 Å². The van der Waals surface area contributed by atoms with E-state index in [-0.39, 0.29) is 11.9 Å². The van der Waals surface area contributed by atoms with Gasteiger partial charge in [0.15, 0.2) is 0 Å². The first-order valence-corrected chi connectivity index (χ1v) is 11.4. The quantitative estimate of drug-likeness (QED) is 0.452. The van der Waals surface area contributed by atoms with Crippen LogP contribution in [0, 0.1) is 0 Å². The molecule has 1 amide bonds. The average molecular weight is 445 g/mol. The van der Waals surface area contributed by atoms with Crippen LogP contribution >= 0.6 is 0 Å². The summed E-state index contributed by atoms with van der Waals surface area (Å²) in [7, 11) is 1.66. The van der Waals surface area contributed by atoms with Crippen molar-refractivity contribution in [1.29, 1.82) is 0 Å². The van der Waals surface area contributed by atoms with Gasteiger partial charge >= 0.3 is 0 Å². The van der Waals surface area contributed by atoms with Crippen LogP contribution in [0.1, 0.15) is 48.3 Å². The van der Waals surface area contributed by atoms with Gasteiger partial charge in [-0.3, -0.25) is 4.79 Å². The largest absolute Gasteiger partial charge is 0.497 e. The van der Waals surface area contributed by atoms with Crippen molar-refractivity contribution < 1.29 is 9.53 Å². The van der Waals surface area contributed by atoms with Crippen LogP contribution in [0.5, 0.6) is 5.75 Å². The van der Waals surface area contributed by atoms with Gasteiger partial charge in [0.2, 0.25) is 0 Å². The highest BCUT2D eigenvalue weighted by Crippen LogP contribution is 2.34. The number of hydrogen-bond acceptors (Lipinski definition) is 5. The Hall–Kier alpha value is -3.67. The Labute approximate surface area is 196 Å². The van der Waals surface area contributed by atoms with E-state index in [9.17, 15) is 4.79 Å². The summed E-state index contributed by atoms with van der Waals surface area (Å²) in [6.07, 6.45) is 0. The molecule has 4 rings (SSSR count). The molecule has 0 saturated heterocycles. The molecule has 172 valence electrons. The molecule has 33 heavy (non-hydrogen) atoms. The van der Waals surface area contributed by atoms with Crippen molar-refractivity contribution in [3.05, 3.63) is 77.4 Å². The maximum Gasteiger partial charge on any atom is 0.258 e. The third kappa shape index (κ3) is 4.46. The van der Waals surface area contributed by atoms with Gasteiger partial charge in [-0.2, -0.15) is 0 Å². The molecule has 1 aliphatic rings. The molecule has 0 fully saturated rings. The van der Waals surface area contributed by atoms with Crippen LogP contribution in [-0.2, 0) is 6.54 Å². The first kappa shape index (κ1) is 22.5. The third-order valence-electron chi connectivity index (χ3n) is 6.36. The highest BCUT2D eigenvalue weighted by molar-refractivity contribution is 6.10. The third-order valence-corrected chi connectivity index (χ3v) is 6.36. The van der Waals surface area contributed by atoms with Crippen LogP contribution in [0.4, 0.5) is 22.7 Å². The Kier molecular flexibility index (Phi) is 6.45. The second-order valence-electron chi connectivity index (χ2n) is 8.32. The standard InChI is InChI=1S/C27H32N4O2/c1-5-30(6-2)21-9-13-24-20(15-21)17-31(27(24)32)22-10-14-26(25(28)16-22)29-18(3)19-7-11-23(33-4)12-8-19/h7-16,18,29H,5-6,17,28H2,1-4H3. The number of methoxy groups -OCH3 is 1. The maximum atomic E-state index is 13.1. The number of fused-ring (bicyclic) bond motifs is 1. The van der Waals surface area contributed by atoms with Gasteiger partial charge in [-0.15, -0.1) is 0 Å². The monoisotopic (exact) mass is 444 g/mol. The van der Waals surface area contributed by atoms with E-state index in [0.29, 0.717) is 12.2 Å². The predicted octanol–water partition coefficient (Wildman–Crippen LogP) is 5.46. The lowest BCUT2D eigenvalue weighted by atomic mass is 10.1. The molecule has 0 saturated carbocycles. The van der Waals surface area contributed by atoms with Crippen LogP contribution in [0.2, 0.25) is 0 Å². The summed E-state index contributed by atoms with van der Waals surface area (Å²) in [6, 6.07) is 19.9. The molecular weight excluding hydrogens is 412 g/mol. The summed E-state index contributed by atoms with van der Waals surface area (Å²) in [5.74, 6) is 0.845. The zero-order valence-corrected chi connectivity index (χ0v) is 19.8. The molecule has 0 radical (unpaired) electrons. The van der Waals surface area contributed by atoms with Gasteiger partial charge in [0, 0.05) is 36.1 Å². The Morgan fingerprint density at radius 3 is 2.42 bits per heavy atom. The first-order valence-electron chi connectivity index (χ1n) is 11.4. The number of nitrogens with zero attached hydrogens (tertiary/aromatic N) is 2. The fourth-order valence-electron chi connectivity index (χ4n) is 4.36. The van der Waals surface area contributed by atoms with Crippen LogP contribution in [0.15, 0.2) is 60.7 Å². The zero-order chi connectivity index (χ0) is 23.5. The van der Waals surface area contributed by atoms with Crippen molar-refractivity contribution >= 4 is 28.7 Å². The summed E-state index contributed by atoms with van der Waals surface area (Å²) in [5.41, 5.74) is 12.7. The van der Waals surface area contributed by atoms with Gasteiger partial charge in [-0.1, -0.05) is 12.1 Å². The Balaban J connectivity index is 1.50. The second-order valence-corrected chi connectivity index (χ2v) is 8.32. The number of carbonyl (C=O) groups excluding carboxylic acids is 1. The van der Waals surface area contributed by atoms with E-state index >= 15 is 0 Å². The van der Waals surface area contributed by atoms with Crippen LogP contribution < -0.4 is 25.6 Å². The van der Waals surface area contributed by atoms with E-state index in [1.165, 1.54) is 0 Å². The van der Waals surface area contributed by atoms with Gasteiger partial charge in [0.1, 0.15) is 5.75 Å². The summed E-state index contributed by atoms with van der Waals surface area (Å²) < 4.78 is 5.23. The van der Waals surface area contributed by atoms with Gasteiger partial charge in [-0.25, -0.2) is 0 Å². The highest BCUT2D eigenvalue weighted by atomic mass is 16.5. The fraction of sp³-hybridized carbons (Fsp3) is 0.296. The summed E-state index contributed by atoms with van der Waals surface area (Å²) in [5, 5.41) is 3.47. The predicted molar refractivity (Wildman–Crippen MR) is 136 cm³/mol. The number of ether oxygens (including phenoxy) is 1. The number of carbonyl (C=O) groups is 1. The lowest BCUT2D eigenvalue weighted by Gasteiger charge is -2.21. The SMILES string of the molecule is CCN(CC)c1ccc2c(c1)CN(c1ccc(NC(C)c3ccc(OC)cc3)c(N)c1)C2=O. The highest BCUT2D eigenvalue weighted by Gasteiger charge is 2.29. The number of hydrogen-bond donors (Lipinski definition) is 2. The molecule has 6 nitrogen and oxygen atoms in total. The molecule has 3 aromatic rings. The van der Waals surface area contributed by atoms with Crippen molar-refractivity contribution in [2.45, 2.75) is 33.4 Å². The molecule has 1 atom stereocenters. The number of anilines is 4. The zero-order valence-electron chi connectivity index (χ0n) is 19.8. The minimum absolute atomic E-state index is 0.0165. The average Bonchev–Trinajstić information content (AvgIpc) is 3.17. The van der Waals surface area contributed by atoms with Gasteiger partial charge in [0.05, 0.1) is 25.0 Å². The van der Waals surface area contributed by atoms with Crippen molar-refractivity contribution in [2.75, 3.05) is 41.0 Å². The van der Waals surface area contributed by atoms with Gasteiger partial charge in [-0.05, 0) is 80.4 Å². The van der Waals surface area contributed by atoms with Gasteiger partial charge < -0.3 is 25.6 Å². The van der Waals surface area contributed by atoms with Crippen molar-refractivity contribution in [2.24, 2.45) is 0 Å². The lowest BCUT2D eigenvalue weighted by Crippen LogP contribution is -2.23. The van der Waals surface area contributed by atoms with Crippen molar-refractivity contribution in [3.63, 3.8) is 0 Å².